The zero-order valence-corrected chi connectivity index (χ0v) is 33.6. The fourth-order valence-electron chi connectivity index (χ4n) is 7.08. The fraction of sp³-hybridized carbons (Fsp3) is 0.488. The smallest absolute Gasteiger partial charge is 0.145 e. The lowest BCUT2D eigenvalue weighted by atomic mass is 10.2. The van der Waals surface area contributed by atoms with Crippen LogP contribution in [0.15, 0.2) is 78.9 Å². The molecule has 12 heteroatoms. The van der Waals surface area contributed by atoms with Gasteiger partial charge >= 0.3 is 0 Å². The Bertz CT molecular complexity index is 1870. The molecule has 7 rings (SSSR count). The third-order valence-corrected chi connectivity index (χ3v) is 10.1. The molecule has 5 aromatic rings. The zero-order chi connectivity index (χ0) is 38.2. The molecule has 3 N–H and O–H groups in total. The van der Waals surface area contributed by atoms with Crippen LogP contribution in [0.2, 0.25) is 0 Å². The van der Waals surface area contributed by atoms with E-state index in [2.05, 4.69) is 135 Å². The van der Waals surface area contributed by atoms with Gasteiger partial charge in [0, 0.05) is 82.8 Å². The Balaban J connectivity index is 0.000000193. The van der Waals surface area contributed by atoms with E-state index >= 15 is 0 Å². The normalized spacial score (nSPS) is 15.7. The van der Waals surface area contributed by atoms with Gasteiger partial charge in [-0.3, -0.25) is 14.7 Å². The summed E-state index contributed by atoms with van der Waals surface area (Å²) < 4.78 is 0. The molecule has 0 saturated carbocycles. The molecule has 0 radical (unpaired) electrons. The van der Waals surface area contributed by atoms with Crippen LogP contribution in [0.3, 0.4) is 0 Å². The summed E-state index contributed by atoms with van der Waals surface area (Å²) in [7, 11) is 8.42. The van der Waals surface area contributed by atoms with Crippen LogP contribution in [-0.4, -0.2) is 151 Å². The number of piperazine rings is 2. The van der Waals surface area contributed by atoms with Crippen molar-refractivity contribution < 1.29 is 0 Å². The van der Waals surface area contributed by atoms with Crippen molar-refractivity contribution in [2.75, 3.05) is 117 Å². The number of benzene rings is 3. The summed E-state index contributed by atoms with van der Waals surface area (Å²) in [6.07, 6.45) is 2.18. The molecule has 2 aliphatic heterocycles. The molecule has 0 spiro atoms. The molecule has 2 aliphatic rings. The Morgan fingerprint density at radius 3 is 1.45 bits per heavy atom. The van der Waals surface area contributed by atoms with E-state index in [9.17, 15) is 0 Å². The molecule has 294 valence electrons. The number of hydrogen-bond donors (Lipinski definition) is 3. The van der Waals surface area contributed by atoms with Gasteiger partial charge in [-0.05, 0) is 84.0 Å². The third-order valence-electron chi connectivity index (χ3n) is 10.1. The van der Waals surface area contributed by atoms with Gasteiger partial charge < -0.3 is 25.8 Å². The number of nitrogens with one attached hydrogen (secondary N) is 3. The maximum Gasteiger partial charge on any atom is 0.145 e. The van der Waals surface area contributed by atoms with Crippen LogP contribution in [0, 0.1) is 0 Å². The average molecular weight is 747 g/mol. The minimum atomic E-state index is 0.802. The molecule has 55 heavy (non-hydrogen) atoms. The molecule has 4 heterocycles. The zero-order valence-electron chi connectivity index (χ0n) is 33.6. The van der Waals surface area contributed by atoms with Gasteiger partial charge in [0.15, 0.2) is 0 Å². The summed E-state index contributed by atoms with van der Waals surface area (Å²) >= 11 is 0. The Morgan fingerprint density at radius 1 is 0.527 bits per heavy atom. The van der Waals surface area contributed by atoms with E-state index in [1.807, 2.05) is 12.1 Å². The van der Waals surface area contributed by atoms with Crippen molar-refractivity contribution in [2.24, 2.45) is 0 Å². The lowest BCUT2D eigenvalue weighted by Gasteiger charge is -2.34. The predicted octanol–water partition coefficient (Wildman–Crippen LogP) is 4.71. The van der Waals surface area contributed by atoms with E-state index < -0.39 is 0 Å². The second-order valence-electron chi connectivity index (χ2n) is 15.2. The molecule has 0 bridgehead atoms. The molecule has 0 unspecified atom stereocenters. The van der Waals surface area contributed by atoms with Crippen LogP contribution in [-0.2, 0) is 19.6 Å². The topological polar surface area (TPSA) is 104 Å². The number of fused-ring (bicyclic) bond motifs is 2. The Labute approximate surface area is 328 Å². The van der Waals surface area contributed by atoms with Crippen molar-refractivity contribution in [3.8, 4) is 0 Å². The number of rotatable bonds is 16. The Hall–Kier alpha value is -4.30. The van der Waals surface area contributed by atoms with Crippen molar-refractivity contribution in [2.45, 2.75) is 32.5 Å². The number of para-hydroxylation sites is 2. The van der Waals surface area contributed by atoms with Crippen LogP contribution in [0.25, 0.3) is 21.8 Å². The fourth-order valence-corrected chi connectivity index (χ4v) is 7.08. The minimum Gasteiger partial charge on any atom is -0.369 e. The average Bonchev–Trinajstić information content (AvgIpc) is 3.20. The highest BCUT2D eigenvalue weighted by molar-refractivity contribution is 5.89. The number of nitrogens with zero attached hydrogens (tertiary/aromatic N) is 9. The Morgan fingerprint density at radius 2 is 0.964 bits per heavy atom. The van der Waals surface area contributed by atoms with Gasteiger partial charge in [-0.25, -0.2) is 19.9 Å². The summed E-state index contributed by atoms with van der Waals surface area (Å²) in [5.41, 5.74) is 3.43. The summed E-state index contributed by atoms with van der Waals surface area (Å²) in [5, 5.41) is 12.7. The van der Waals surface area contributed by atoms with Gasteiger partial charge in [-0.1, -0.05) is 54.6 Å². The van der Waals surface area contributed by atoms with Crippen LogP contribution in [0.4, 0.5) is 11.6 Å². The first-order chi connectivity index (χ1) is 26.9. The van der Waals surface area contributed by atoms with Gasteiger partial charge in [-0.2, -0.15) is 0 Å². The van der Waals surface area contributed by atoms with E-state index in [0.717, 1.165) is 156 Å². The Kier molecular flexibility index (Phi) is 15.5. The van der Waals surface area contributed by atoms with E-state index in [0.29, 0.717) is 0 Å². The number of aromatic nitrogens is 4. The highest BCUT2D eigenvalue weighted by atomic mass is 15.3. The monoisotopic (exact) mass is 747 g/mol. The lowest BCUT2D eigenvalue weighted by molar-refractivity contribution is 0.120. The first-order valence-electron chi connectivity index (χ1n) is 20.1. The predicted molar refractivity (Wildman–Crippen MR) is 228 cm³/mol. The van der Waals surface area contributed by atoms with Crippen LogP contribution >= 0.6 is 0 Å². The molecule has 0 aliphatic carbocycles. The van der Waals surface area contributed by atoms with Crippen molar-refractivity contribution in [3.63, 3.8) is 0 Å². The lowest BCUT2D eigenvalue weighted by Crippen LogP contribution is -2.45. The summed E-state index contributed by atoms with van der Waals surface area (Å²) in [6, 6.07) is 27.3. The van der Waals surface area contributed by atoms with Gasteiger partial charge in [-0.15, -0.1) is 0 Å². The van der Waals surface area contributed by atoms with E-state index in [1.165, 1.54) is 5.56 Å². The molecule has 2 fully saturated rings. The van der Waals surface area contributed by atoms with Crippen molar-refractivity contribution >= 4 is 33.4 Å². The van der Waals surface area contributed by atoms with Crippen LogP contribution in [0.1, 0.15) is 30.1 Å². The third kappa shape index (κ3) is 12.9. The SMILES string of the molecule is CN(C)CCCNc1nc(CN2CCN(Cc3ccccc3)CC2)nc2ccccc12.CN(C)CCCNc1nc(CN2CCNCC2)nc2ccccc12. The molecule has 12 nitrogen and oxygen atoms in total. The van der Waals surface area contributed by atoms with E-state index in [-0.39, 0.29) is 0 Å². The molecule has 0 amide bonds. The summed E-state index contributed by atoms with van der Waals surface area (Å²) in [4.78, 5) is 31.2. The molecule has 2 saturated heterocycles. The van der Waals surface area contributed by atoms with Crippen molar-refractivity contribution in [1.29, 1.82) is 0 Å². The maximum atomic E-state index is 4.91. The second-order valence-corrected chi connectivity index (χ2v) is 15.2. The summed E-state index contributed by atoms with van der Waals surface area (Å²) in [5.74, 6) is 3.74. The maximum absolute atomic E-state index is 4.91. The van der Waals surface area contributed by atoms with Gasteiger partial charge in [0.2, 0.25) is 0 Å². The van der Waals surface area contributed by atoms with E-state index in [4.69, 9.17) is 19.9 Å². The van der Waals surface area contributed by atoms with Crippen molar-refractivity contribution in [3.05, 3.63) is 96.1 Å². The molecular weight excluding hydrogens is 685 g/mol. The van der Waals surface area contributed by atoms with E-state index in [1.54, 1.807) is 0 Å². The van der Waals surface area contributed by atoms with Gasteiger partial charge in [0.1, 0.15) is 23.3 Å². The standard InChI is InChI=1S/C25H34N6.C18H28N6/c1-29(2)14-8-13-26-25-22-11-6-7-12-23(22)27-24(28-25)20-31-17-15-30(16-18-31)19-21-9-4-3-5-10-21;1-23(2)11-5-8-20-18-15-6-3-4-7-16(15)21-17(22-18)14-24-12-9-19-10-13-24/h3-7,9-12H,8,13-20H2,1-2H3,(H,26,27,28);3-4,6-7,19H,5,8-14H2,1-2H3,(H,20,21,22). The highest BCUT2D eigenvalue weighted by Gasteiger charge is 2.19. The largest absolute Gasteiger partial charge is 0.369 e. The quantitative estimate of drug-likeness (QED) is 0.122. The molecule has 0 atom stereocenters. The first-order valence-corrected chi connectivity index (χ1v) is 20.1. The first kappa shape index (κ1) is 40.4. The van der Waals surface area contributed by atoms with Crippen molar-refractivity contribution in [1.82, 2.24) is 49.8 Å². The van der Waals surface area contributed by atoms with Gasteiger partial charge in [0.05, 0.1) is 24.1 Å². The number of anilines is 2. The minimum absolute atomic E-state index is 0.802. The van der Waals surface area contributed by atoms with Crippen LogP contribution in [0.5, 0.6) is 0 Å². The second kappa shape index (κ2) is 21.1. The molecular formula is C43H62N12. The highest BCUT2D eigenvalue weighted by Crippen LogP contribution is 2.22. The molecule has 3 aromatic carbocycles. The molecule has 2 aromatic heterocycles. The van der Waals surface area contributed by atoms with Gasteiger partial charge in [0.25, 0.3) is 0 Å². The number of hydrogen-bond acceptors (Lipinski definition) is 12. The summed E-state index contributed by atoms with van der Waals surface area (Å²) in [6.45, 7) is 15.1. The van der Waals surface area contributed by atoms with Crippen LogP contribution < -0.4 is 16.0 Å².